The molecule has 0 atom stereocenters. The summed E-state index contributed by atoms with van der Waals surface area (Å²) in [4.78, 5) is 7.04. The molecule has 0 amide bonds. The molecule has 0 unspecified atom stereocenters. The number of anilines is 1. The molecule has 1 heterocycles. The summed E-state index contributed by atoms with van der Waals surface area (Å²) in [7, 11) is 0. The minimum absolute atomic E-state index is 0.411. The van der Waals surface area contributed by atoms with Crippen molar-refractivity contribution in [3.8, 4) is 0 Å². The molecule has 0 aliphatic carbocycles. The van der Waals surface area contributed by atoms with E-state index in [9.17, 15) is 0 Å². The summed E-state index contributed by atoms with van der Waals surface area (Å²) in [6, 6.07) is 5.51. The lowest BCUT2D eigenvalue weighted by Gasteiger charge is -2.04. The van der Waals surface area contributed by atoms with Crippen LogP contribution >= 0.6 is 39.1 Å². The van der Waals surface area contributed by atoms with Gasteiger partial charge in [0.05, 0.1) is 5.69 Å². The minimum Gasteiger partial charge on any atom is -0.369 e. The third-order valence-corrected chi connectivity index (χ3v) is 3.65. The van der Waals surface area contributed by atoms with E-state index in [0.717, 1.165) is 28.7 Å². The van der Waals surface area contributed by atoms with Gasteiger partial charge in [-0.15, -0.1) is 0 Å². The Bertz CT molecular complexity index is 540. The molecule has 6 heteroatoms. The van der Waals surface area contributed by atoms with E-state index in [2.05, 4.69) is 25.9 Å². The molecule has 1 aromatic heterocycles. The molecule has 0 spiro atoms. The highest BCUT2D eigenvalue weighted by Crippen LogP contribution is 2.23. The summed E-state index contributed by atoms with van der Waals surface area (Å²) in [5.74, 6) is 0.411. The van der Waals surface area contributed by atoms with Crippen LogP contribution in [0, 0.1) is 0 Å². The van der Waals surface area contributed by atoms with Gasteiger partial charge in [-0.2, -0.15) is 0 Å². The van der Waals surface area contributed by atoms with Crippen LogP contribution in [0.2, 0.25) is 10.0 Å². The second-order valence-electron chi connectivity index (χ2n) is 3.63. The molecule has 0 bridgehead atoms. The van der Waals surface area contributed by atoms with Crippen molar-refractivity contribution in [3.05, 3.63) is 44.1 Å². The molecule has 0 fully saturated rings. The SMILES string of the molecule is Nc1nc(Br)c(CCc2ccc(Cl)cc2Cl)[nH]1. The van der Waals surface area contributed by atoms with Gasteiger partial charge < -0.3 is 10.7 Å². The summed E-state index contributed by atoms with van der Waals surface area (Å²) in [6.45, 7) is 0. The number of nitrogen functional groups attached to an aromatic ring is 1. The van der Waals surface area contributed by atoms with Gasteiger partial charge in [-0.1, -0.05) is 29.3 Å². The molecule has 3 nitrogen and oxygen atoms in total. The normalized spacial score (nSPS) is 10.8. The Balaban J connectivity index is 2.10. The Hall–Kier alpha value is -0.710. The quantitative estimate of drug-likeness (QED) is 0.895. The van der Waals surface area contributed by atoms with Crippen molar-refractivity contribution in [2.75, 3.05) is 5.73 Å². The number of nitrogens with one attached hydrogen (secondary N) is 1. The summed E-state index contributed by atoms with van der Waals surface area (Å²) in [5, 5.41) is 1.33. The van der Waals surface area contributed by atoms with Gasteiger partial charge in [-0.05, 0) is 46.5 Å². The highest BCUT2D eigenvalue weighted by molar-refractivity contribution is 9.10. The fourth-order valence-electron chi connectivity index (χ4n) is 1.56. The number of hydrogen-bond donors (Lipinski definition) is 2. The molecule has 0 saturated carbocycles. The van der Waals surface area contributed by atoms with Gasteiger partial charge in [0, 0.05) is 10.0 Å². The van der Waals surface area contributed by atoms with Crippen LogP contribution in [-0.4, -0.2) is 9.97 Å². The summed E-state index contributed by atoms with van der Waals surface area (Å²) < 4.78 is 0.750. The van der Waals surface area contributed by atoms with Crippen molar-refractivity contribution < 1.29 is 0 Å². The number of aromatic amines is 1. The highest BCUT2D eigenvalue weighted by atomic mass is 79.9. The third-order valence-electron chi connectivity index (χ3n) is 2.41. The summed E-state index contributed by atoms with van der Waals surface area (Å²) in [5.41, 5.74) is 7.58. The smallest absolute Gasteiger partial charge is 0.198 e. The maximum absolute atomic E-state index is 6.09. The molecule has 0 aliphatic heterocycles. The van der Waals surface area contributed by atoms with Gasteiger partial charge in [0.25, 0.3) is 0 Å². The van der Waals surface area contributed by atoms with Gasteiger partial charge in [0.2, 0.25) is 0 Å². The van der Waals surface area contributed by atoms with Gasteiger partial charge >= 0.3 is 0 Å². The molecule has 0 aliphatic rings. The number of imidazole rings is 1. The lowest BCUT2D eigenvalue weighted by atomic mass is 10.1. The summed E-state index contributed by atoms with van der Waals surface area (Å²) in [6.07, 6.45) is 1.59. The first kappa shape index (κ1) is 12.7. The van der Waals surface area contributed by atoms with Gasteiger partial charge in [-0.3, -0.25) is 0 Å². The van der Waals surface area contributed by atoms with Crippen LogP contribution in [0.15, 0.2) is 22.8 Å². The number of H-pyrrole nitrogens is 1. The van der Waals surface area contributed by atoms with Crippen molar-refractivity contribution in [1.29, 1.82) is 0 Å². The van der Waals surface area contributed by atoms with E-state index in [1.54, 1.807) is 6.07 Å². The Labute approximate surface area is 117 Å². The number of nitrogens with zero attached hydrogens (tertiary/aromatic N) is 1. The molecule has 0 radical (unpaired) electrons. The number of rotatable bonds is 3. The van der Waals surface area contributed by atoms with Gasteiger partial charge in [0.15, 0.2) is 5.95 Å². The molecule has 3 N–H and O–H groups in total. The van der Waals surface area contributed by atoms with Crippen molar-refractivity contribution in [2.24, 2.45) is 0 Å². The monoisotopic (exact) mass is 333 g/mol. The van der Waals surface area contributed by atoms with Crippen molar-refractivity contribution in [1.82, 2.24) is 9.97 Å². The molecular formula is C11H10BrCl2N3. The van der Waals surface area contributed by atoms with E-state index in [-0.39, 0.29) is 0 Å². The Morgan fingerprint density at radius 2 is 2.06 bits per heavy atom. The number of hydrogen-bond acceptors (Lipinski definition) is 2. The van der Waals surface area contributed by atoms with Gasteiger partial charge in [-0.25, -0.2) is 4.98 Å². The van der Waals surface area contributed by atoms with Crippen LogP contribution < -0.4 is 5.73 Å². The summed E-state index contributed by atoms with van der Waals surface area (Å²) >= 11 is 15.3. The molecule has 1 aromatic carbocycles. The van der Waals surface area contributed by atoms with E-state index in [4.69, 9.17) is 28.9 Å². The molecular weight excluding hydrogens is 325 g/mol. The average Bonchev–Trinajstić information content (AvgIpc) is 2.56. The zero-order chi connectivity index (χ0) is 12.4. The number of aromatic nitrogens is 2. The second kappa shape index (κ2) is 5.29. The maximum atomic E-state index is 6.09. The standard InChI is InChI=1S/C11H10BrCl2N3/c12-10-9(16-11(15)17-10)4-2-6-1-3-7(13)5-8(6)14/h1,3,5H,2,4H2,(H3,15,16,17). The van der Waals surface area contributed by atoms with E-state index in [1.807, 2.05) is 12.1 Å². The van der Waals surface area contributed by atoms with Crippen LogP contribution in [0.1, 0.15) is 11.3 Å². The zero-order valence-corrected chi connectivity index (χ0v) is 11.9. The molecule has 90 valence electrons. The van der Waals surface area contributed by atoms with Crippen molar-refractivity contribution in [3.63, 3.8) is 0 Å². The van der Waals surface area contributed by atoms with Crippen LogP contribution in [-0.2, 0) is 12.8 Å². The number of halogens is 3. The predicted octanol–water partition coefficient (Wildman–Crippen LogP) is 3.85. The van der Waals surface area contributed by atoms with Crippen LogP contribution in [0.4, 0.5) is 5.95 Å². The van der Waals surface area contributed by atoms with Crippen molar-refractivity contribution in [2.45, 2.75) is 12.8 Å². The van der Waals surface area contributed by atoms with E-state index in [1.165, 1.54) is 0 Å². The van der Waals surface area contributed by atoms with Crippen molar-refractivity contribution >= 4 is 45.1 Å². The lowest BCUT2D eigenvalue weighted by molar-refractivity contribution is 0.920. The number of benzene rings is 1. The molecule has 2 rings (SSSR count). The Kier molecular flexibility index (Phi) is 3.97. The topological polar surface area (TPSA) is 54.7 Å². The fourth-order valence-corrected chi connectivity index (χ4v) is 2.55. The lowest BCUT2D eigenvalue weighted by Crippen LogP contribution is -1.94. The van der Waals surface area contributed by atoms with E-state index < -0.39 is 0 Å². The average molecular weight is 335 g/mol. The Morgan fingerprint density at radius 1 is 1.29 bits per heavy atom. The first-order chi connectivity index (χ1) is 8.06. The largest absolute Gasteiger partial charge is 0.369 e. The van der Waals surface area contributed by atoms with E-state index in [0.29, 0.717) is 16.0 Å². The predicted molar refractivity (Wildman–Crippen MR) is 74.6 cm³/mol. The first-order valence-electron chi connectivity index (χ1n) is 5.00. The molecule has 0 saturated heterocycles. The molecule has 2 aromatic rings. The van der Waals surface area contributed by atoms with Crippen LogP contribution in [0.5, 0.6) is 0 Å². The highest BCUT2D eigenvalue weighted by Gasteiger charge is 2.07. The van der Waals surface area contributed by atoms with Crippen LogP contribution in [0.3, 0.4) is 0 Å². The van der Waals surface area contributed by atoms with Crippen LogP contribution in [0.25, 0.3) is 0 Å². The van der Waals surface area contributed by atoms with Gasteiger partial charge in [0.1, 0.15) is 4.60 Å². The second-order valence-corrected chi connectivity index (χ2v) is 5.22. The van der Waals surface area contributed by atoms with E-state index >= 15 is 0 Å². The fraction of sp³-hybridized carbons (Fsp3) is 0.182. The first-order valence-corrected chi connectivity index (χ1v) is 6.55. The Morgan fingerprint density at radius 3 is 2.65 bits per heavy atom. The number of nitrogens with two attached hydrogens (primary N) is 1. The minimum atomic E-state index is 0.411. The number of aryl methyl sites for hydroxylation is 2. The maximum Gasteiger partial charge on any atom is 0.198 e. The zero-order valence-electron chi connectivity index (χ0n) is 8.80. The third kappa shape index (κ3) is 3.15. The molecule has 17 heavy (non-hydrogen) atoms.